The smallest absolute Gasteiger partial charge is 0.323 e. The topological polar surface area (TPSA) is 81.2 Å². The molecule has 1 atom stereocenters. The van der Waals surface area contributed by atoms with Crippen molar-refractivity contribution in [2.45, 2.75) is 43.1 Å². The molecule has 1 spiro atoms. The molecule has 0 aromatic heterocycles. The van der Waals surface area contributed by atoms with E-state index in [0.29, 0.717) is 39.0 Å². The third-order valence-corrected chi connectivity index (χ3v) is 7.17. The van der Waals surface area contributed by atoms with Crippen molar-refractivity contribution in [1.82, 2.24) is 14.7 Å². The minimum absolute atomic E-state index is 0.0829. The lowest BCUT2D eigenvalue weighted by atomic mass is 9.85. The van der Waals surface area contributed by atoms with Crippen LogP contribution in [0.2, 0.25) is 0 Å². The molecule has 4 rings (SSSR count). The number of hydrogen-bond donors (Lipinski definition) is 1. The molecule has 162 valence electrons. The van der Waals surface area contributed by atoms with Gasteiger partial charge >= 0.3 is 5.97 Å². The van der Waals surface area contributed by atoms with E-state index in [-0.39, 0.29) is 36.1 Å². The molecule has 2 amide bonds. The molecule has 2 aliphatic heterocycles. The number of likely N-dealkylation sites (tertiary alicyclic amines) is 1. The van der Waals surface area contributed by atoms with Gasteiger partial charge in [-0.25, -0.2) is 4.39 Å². The molecule has 7 nitrogen and oxygen atoms in total. The first-order valence-corrected chi connectivity index (χ1v) is 10.5. The molecular weight excluding hydrogens is 389 g/mol. The number of carbonyl (C=O) groups excluding carboxylic acids is 2. The van der Waals surface area contributed by atoms with Crippen LogP contribution in [-0.4, -0.2) is 82.9 Å². The van der Waals surface area contributed by atoms with E-state index in [1.807, 2.05) is 11.9 Å². The van der Waals surface area contributed by atoms with Gasteiger partial charge in [0.15, 0.2) is 0 Å². The molecule has 0 radical (unpaired) electrons. The number of piperazine rings is 1. The molecule has 3 aliphatic rings. The van der Waals surface area contributed by atoms with E-state index in [2.05, 4.69) is 4.90 Å². The number of nitrogens with zero attached hydrogens (tertiary/aromatic N) is 3. The minimum atomic E-state index is -1.01. The summed E-state index contributed by atoms with van der Waals surface area (Å²) in [5, 5.41) is 9.09. The molecule has 2 heterocycles. The van der Waals surface area contributed by atoms with Gasteiger partial charge in [-0.05, 0) is 50.4 Å². The Balaban J connectivity index is 1.52. The van der Waals surface area contributed by atoms with Gasteiger partial charge in [-0.15, -0.1) is 0 Å². The van der Waals surface area contributed by atoms with Crippen LogP contribution in [0.1, 0.15) is 37.7 Å². The van der Waals surface area contributed by atoms with Crippen molar-refractivity contribution in [2.75, 3.05) is 39.8 Å². The van der Waals surface area contributed by atoms with Crippen molar-refractivity contribution in [3.63, 3.8) is 0 Å². The maximum Gasteiger partial charge on any atom is 0.323 e. The molecule has 1 unspecified atom stereocenters. The van der Waals surface area contributed by atoms with Crippen molar-refractivity contribution >= 4 is 17.8 Å². The third-order valence-electron chi connectivity index (χ3n) is 7.17. The first-order chi connectivity index (χ1) is 14.3. The predicted molar refractivity (Wildman–Crippen MR) is 107 cm³/mol. The Morgan fingerprint density at radius 3 is 2.40 bits per heavy atom. The summed E-state index contributed by atoms with van der Waals surface area (Å²) in [5.41, 5.74) is -0.0262. The van der Waals surface area contributed by atoms with Crippen LogP contribution < -0.4 is 0 Å². The fourth-order valence-electron chi connectivity index (χ4n) is 5.02. The summed E-state index contributed by atoms with van der Waals surface area (Å²) in [6, 6.07) is 6.23. The van der Waals surface area contributed by atoms with Crippen molar-refractivity contribution in [3.05, 3.63) is 35.6 Å². The standard InChI is InChI=1S/C22H28FN3O4/c1-24-12-13-26(20(30)22(8-9-22)16-2-4-17(23)5-3-16)15-21(24)7-6-18(27)25(11-10-21)14-19(28)29/h2-5H,6-15H2,1H3,(H,28,29). The second kappa shape index (κ2) is 7.65. The Kier molecular flexibility index (Phi) is 5.30. The van der Waals surface area contributed by atoms with Gasteiger partial charge in [0.2, 0.25) is 11.8 Å². The number of likely N-dealkylation sites (N-methyl/N-ethyl adjacent to an activating group) is 1. The molecule has 1 N–H and O–H groups in total. The largest absolute Gasteiger partial charge is 0.480 e. The maximum atomic E-state index is 13.5. The van der Waals surface area contributed by atoms with Crippen LogP contribution in [0, 0.1) is 5.82 Å². The van der Waals surface area contributed by atoms with Crippen molar-refractivity contribution in [2.24, 2.45) is 0 Å². The van der Waals surface area contributed by atoms with E-state index in [0.717, 1.165) is 18.4 Å². The lowest BCUT2D eigenvalue weighted by Crippen LogP contribution is -2.63. The molecule has 1 aromatic rings. The monoisotopic (exact) mass is 417 g/mol. The molecule has 3 fully saturated rings. The minimum Gasteiger partial charge on any atom is -0.480 e. The van der Waals surface area contributed by atoms with Crippen molar-refractivity contribution < 1.29 is 23.9 Å². The average Bonchev–Trinajstić information content (AvgIpc) is 3.53. The van der Waals surface area contributed by atoms with E-state index >= 15 is 0 Å². The van der Waals surface area contributed by atoms with Crippen LogP contribution in [0.25, 0.3) is 0 Å². The normalized spacial score (nSPS) is 26.5. The predicted octanol–water partition coefficient (Wildman–Crippen LogP) is 1.47. The van der Waals surface area contributed by atoms with Crippen molar-refractivity contribution in [3.8, 4) is 0 Å². The van der Waals surface area contributed by atoms with E-state index in [1.54, 1.807) is 12.1 Å². The van der Waals surface area contributed by atoms with Gasteiger partial charge in [0, 0.05) is 38.1 Å². The second-order valence-corrected chi connectivity index (χ2v) is 8.92. The molecule has 8 heteroatoms. The maximum absolute atomic E-state index is 13.5. The molecule has 0 bridgehead atoms. The van der Waals surface area contributed by atoms with Gasteiger partial charge in [-0.1, -0.05) is 12.1 Å². The van der Waals surface area contributed by atoms with Gasteiger partial charge in [0.1, 0.15) is 12.4 Å². The van der Waals surface area contributed by atoms with E-state index < -0.39 is 11.4 Å². The number of benzene rings is 1. The van der Waals surface area contributed by atoms with Crippen LogP contribution in [0.4, 0.5) is 4.39 Å². The zero-order valence-electron chi connectivity index (χ0n) is 17.3. The highest BCUT2D eigenvalue weighted by Crippen LogP contribution is 2.50. The molecule has 1 saturated carbocycles. The number of halogens is 1. The first-order valence-electron chi connectivity index (χ1n) is 10.5. The summed E-state index contributed by atoms with van der Waals surface area (Å²) in [6.45, 7) is 1.94. The number of carboxylic acids is 1. The summed E-state index contributed by atoms with van der Waals surface area (Å²) in [7, 11) is 2.02. The lowest BCUT2D eigenvalue weighted by molar-refractivity contribution is -0.144. The quantitative estimate of drug-likeness (QED) is 0.803. The molecule has 2 saturated heterocycles. The average molecular weight is 417 g/mol. The zero-order valence-corrected chi connectivity index (χ0v) is 17.3. The summed E-state index contributed by atoms with van der Waals surface area (Å²) < 4.78 is 13.3. The third kappa shape index (κ3) is 3.69. The highest BCUT2D eigenvalue weighted by atomic mass is 19.1. The number of aliphatic carboxylic acids is 1. The summed E-state index contributed by atoms with van der Waals surface area (Å²) in [6.07, 6.45) is 3.05. The van der Waals surface area contributed by atoms with Crippen LogP contribution >= 0.6 is 0 Å². The van der Waals surface area contributed by atoms with E-state index in [4.69, 9.17) is 5.11 Å². The van der Waals surface area contributed by atoms with Crippen molar-refractivity contribution in [1.29, 1.82) is 0 Å². The number of carbonyl (C=O) groups is 3. The van der Waals surface area contributed by atoms with Crippen LogP contribution in [-0.2, 0) is 19.8 Å². The molecule has 1 aromatic carbocycles. The molecular formula is C22H28FN3O4. The van der Waals surface area contributed by atoms with Gasteiger partial charge in [-0.3, -0.25) is 19.3 Å². The van der Waals surface area contributed by atoms with Gasteiger partial charge in [-0.2, -0.15) is 0 Å². The Bertz CT molecular complexity index is 854. The van der Waals surface area contributed by atoms with Crippen LogP contribution in [0.3, 0.4) is 0 Å². The Labute approximate surface area is 175 Å². The summed E-state index contributed by atoms with van der Waals surface area (Å²) >= 11 is 0. The zero-order chi connectivity index (χ0) is 21.5. The Morgan fingerprint density at radius 2 is 1.77 bits per heavy atom. The molecule has 1 aliphatic carbocycles. The van der Waals surface area contributed by atoms with Crippen LogP contribution in [0.15, 0.2) is 24.3 Å². The first kappa shape index (κ1) is 20.8. The molecule has 30 heavy (non-hydrogen) atoms. The highest BCUT2D eigenvalue weighted by molar-refractivity contribution is 5.91. The Morgan fingerprint density at radius 1 is 1.07 bits per heavy atom. The van der Waals surface area contributed by atoms with Gasteiger partial charge in [0.25, 0.3) is 0 Å². The fraction of sp³-hybridized carbons (Fsp3) is 0.591. The van der Waals surface area contributed by atoms with Crippen LogP contribution in [0.5, 0.6) is 0 Å². The van der Waals surface area contributed by atoms with Gasteiger partial charge in [0.05, 0.1) is 5.41 Å². The highest BCUT2D eigenvalue weighted by Gasteiger charge is 2.55. The SMILES string of the molecule is CN1CCN(C(=O)C2(c3ccc(F)cc3)CC2)CC12CCC(=O)N(CC(=O)O)CC2. The summed E-state index contributed by atoms with van der Waals surface area (Å²) in [5.74, 6) is -1.38. The lowest BCUT2D eigenvalue weighted by Gasteiger charge is -2.50. The number of amides is 2. The number of rotatable bonds is 4. The Hall–Kier alpha value is -2.48. The second-order valence-electron chi connectivity index (χ2n) is 8.92. The van der Waals surface area contributed by atoms with E-state index in [1.165, 1.54) is 17.0 Å². The van der Waals surface area contributed by atoms with E-state index in [9.17, 15) is 18.8 Å². The summed E-state index contributed by atoms with van der Waals surface area (Å²) in [4.78, 5) is 42.6. The fourth-order valence-corrected chi connectivity index (χ4v) is 5.02. The van der Waals surface area contributed by atoms with Gasteiger partial charge < -0.3 is 14.9 Å². The number of hydrogen-bond acceptors (Lipinski definition) is 4. The number of carboxylic acid groups (broad SMARTS) is 1.